The summed E-state index contributed by atoms with van der Waals surface area (Å²) in [6.45, 7) is 2.52. The molecule has 2 heterocycles. The molecule has 0 saturated carbocycles. The van der Waals surface area contributed by atoms with Crippen molar-refractivity contribution >= 4 is 11.6 Å². The van der Waals surface area contributed by atoms with Gasteiger partial charge >= 0.3 is 0 Å². The quantitative estimate of drug-likeness (QED) is 0.525. The van der Waals surface area contributed by atoms with Crippen LogP contribution in [0.1, 0.15) is 12.8 Å². The molecule has 64 valence electrons. The maximum Gasteiger partial charge on any atom is 0.177 e. The first-order valence-electron chi connectivity index (χ1n) is 4.36. The minimum Gasteiger partial charge on any atom is -0.357 e. The molecule has 3 heteroatoms. The second-order valence-electron chi connectivity index (χ2n) is 3.17. The van der Waals surface area contributed by atoms with E-state index in [1.165, 1.54) is 12.8 Å². The van der Waals surface area contributed by atoms with E-state index in [9.17, 15) is 4.79 Å². The van der Waals surface area contributed by atoms with Crippen LogP contribution < -0.4 is 0 Å². The summed E-state index contributed by atoms with van der Waals surface area (Å²) in [6.07, 6.45) is 5.96. The van der Waals surface area contributed by atoms with E-state index in [-0.39, 0.29) is 5.78 Å². The lowest BCUT2D eigenvalue weighted by atomic mass is 10.3. The van der Waals surface area contributed by atoms with Gasteiger partial charge in [0, 0.05) is 13.1 Å². The second-order valence-corrected chi connectivity index (χ2v) is 3.17. The summed E-state index contributed by atoms with van der Waals surface area (Å²) in [5, 5.41) is 0. The molecule has 2 aliphatic rings. The van der Waals surface area contributed by atoms with Gasteiger partial charge in [0.2, 0.25) is 0 Å². The van der Waals surface area contributed by atoms with Gasteiger partial charge in [-0.3, -0.25) is 9.79 Å². The van der Waals surface area contributed by atoms with E-state index in [1.54, 1.807) is 6.08 Å². The topological polar surface area (TPSA) is 32.7 Å². The van der Waals surface area contributed by atoms with Crippen molar-refractivity contribution in [2.24, 2.45) is 4.99 Å². The number of nitrogens with zero attached hydrogens (tertiary/aromatic N) is 2. The van der Waals surface area contributed by atoms with E-state index in [4.69, 9.17) is 0 Å². The van der Waals surface area contributed by atoms with E-state index in [2.05, 4.69) is 9.89 Å². The van der Waals surface area contributed by atoms with Gasteiger partial charge in [0.05, 0.1) is 0 Å². The fourth-order valence-electron chi connectivity index (χ4n) is 1.58. The smallest absolute Gasteiger partial charge is 0.177 e. The molecule has 0 bridgehead atoms. The highest BCUT2D eigenvalue weighted by molar-refractivity contribution is 6.05. The lowest BCUT2D eigenvalue weighted by Crippen LogP contribution is -2.28. The molecule has 0 N–H and O–H groups in total. The average Bonchev–Trinajstić information content (AvgIpc) is 2.58. The van der Waals surface area contributed by atoms with Crippen LogP contribution in [0.25, 0.3) is 0 Å². The molecule has 2 rings (SSSR count). The van der Waals surface area contributed by atoms with Gasteiger partial charge in [-0.25, -0.2) is 0 Å². The highest BCUT2D eigenvalue weighted by Gasteiger charge is 2.16. The Morgan fingerprint density at radius 1 is 1.25 bits per heavy atom. The van der Waals surface area contributed by atoms with E-state index in [1.807, 2.05) is 6.08 Å². The minimum atomic E-state index is 0.109. The summed E-state index contributed by atoms with van der Waals surface area (Å²) in [6, 6.07) is 0. The van der Waals surface area contributed by atoms with Gasteiger partial charge in [-0.1, -0.05) is 0 Å². The Labute approximate surface area is 71.8 Å². The molecule has 0 radical (unpaired) electrons. The molecule has 0 aromatic heterocycles. The van der Waals surface area contributed by atoms with E-state index < -0.39 is 0 Å². The first kappa shape index (κ1) is 7.53. The van der Waals surface area contributed by atoms with E-state index in [0.29, 0.717) is 6.54 Å². The minimum absolute atomic E-state index is 0.109. The predicted octanol–water partition coefficient (Wildman–Crippen LogP) is 0.620. The zero-order chi connectivity index (χ0) is 8.39. The van der Waals surface area contributed by atoms with Crippen LogP contribution in [0.2, 0.25) is 0 Å². The zero-order valence-corrected chi connectivity index (χ0v) is 6.99. The third-order valence-corrected chi connectivity index (χ3v) is 2.25. The number of carbonyl (C=O) groups excluding carboxylic acids is 1. The Hall–Kier alpha value is -1.12. The SMILES string of the molecule is O=C1C=CC(N2CCCC2)=NC1. The first-order valence-corrected chi connectivity index (χ1v) is 4.36. The zero-order valence-electron chi connectivity index (χ0n) is 6.99. The normalized spacial score (nSPS) is 23.2. The van der Waals surface area contributed by atoms with Crippen LogP contribution in [0, 0.1) is 0 Å². The number of hydrogen-bond donors (Lipinski definition) is 0. The second kappa shape index (κ2) is 3.09. The van der Waals surface area contributed by atoms with Crippen molar-refractivity contribution in [3.05, 3.63) is 12.2 Å². The Balaban J connectivity index is 2.05. The molecule has 0 spiro atoms. The van der Waals surface area contributed by atoms with Crippen molar-refractivity contribution in [2.45, 2.75) is 12.8 Å². The Bertz CT molecular complexity index is 249. The molecule has 0 aromatic rings. The van der Waals surface area contributed by atoms with Crippen LogP contribution in [0.3, 0.4) is 0 Å². The summed E-state index contributed by atoms with van der Waals surface area (Å²) in [5.74, 6) is 1.10. The van der Waals surface area contributed by atoms with Crippen molar-refractivity contribution in [3.8, 4) is 0 Å². The van der Waals surface area contributed by atoms with Crippen LogP contribution in [0.4, 0.5) is 0 Å². The van der Waals surface area contributed by atoms with Crippen LogP contribution in [0.5, 0.6) is 0 Å². The van der Waals surface area contributed by atoms with Gasteiger partial charge in [0.1, 0.15) is 12.4 Å². The number of amidine groups is 1. The summed E-state index contributed by atoms with van der Waals surface area (Å²) < 4.78 is 0. The van der Waals surface area contributed by atoms with Crippen molar-refractivity contribution in [3.63, 3.8) is 0 Å². The molecule has 0 aliphatic carbocycles. The van der Waals surface area contributed by atoms with Gasteiger partial charge in [0.15, 0.2) is 5.78 Å². The monoisotopic (exact) mass is 164 g/mol. The Morgan fingerprint density at radius 2 is 2.00 bits per heavy atom. The number of aliphatic imine (C=N–C) groups is 1. The molecule has 1 fully saturated rings. The van der Waals surface area contributed by atoms with Gasteiger partial charge in [0.25, 0.3) is 0 Å². The lowest BCUT2D eigenvalue weighted by molar-refractivity contribution is -0.113. The molecular weight excluding hydrogens is 152 g/mol. The first-order chi connectivity index (χ1) is 5.86. The van der Waals surface area contributed by atoms with Gasteiger partial charge < -0.3 is 4.90 Å². The molecule has 12 heavy (non-hydrogen) atoms. The van der Waals surface area contributed by atoms with Gasteiger partial charge in [-0.15, -0.1) is 0 Å². The standard InChI is InChI=1S/C9H12N2O/c12-8-3-4-9(10-7-8)11-5-1-2-6-11/h3-4H,1-2,5-7H2. The highest BCUT2D eigenvalue weighted by Crippen LogP contribution is 2.10. The van der Waals surface area contributed by atoms with Crippen LogP contribution in [-0.2, 0) is 4.79 Å². The lowest BCUT2D eigenvalue weighted by Gasteiger charge is -2.18. The number of rotatable bonds is 0. The molecule has 1 saturated heterocycles. The fourth-order valence-corrected chi connectivity index (χ4v) is 1.58. The molecular formula is C9H12N2O. The number of hydrogen-bond acceptors (Lipinski definition) is 3. The fraction of sp³-hybridized carbons (Fsp3) is 0.556. The van der Waals surface area contributed by atoms with Crippen LogP contribution in [-0.4, -0.2) is 36.2 Å². The predicted molar refractivity (Wildman–Crippen MR) is 47.3 cm³/mol. The number of likely N-dealkylation sites (tertiary alicyclic amines) is 1. The maximum atomic E-state index is 10.8. The Morgan fingerprint density at radius 3 is 2.58 bits per heavy atom. The van der Waals surface area contributed by atoms with Crippen LogP contribution in [0.15, 0.2) is 17.1 Å². The third kappa shape index (κ3) is 1.40. The maximum absolute atomic E-state index is 10.8. The number of carbonyl (C=O) groups is 1. The summed E-state index contributed by atoms with van der Waals surface area (Å²) in [7, 11) is 0. The molecule has 0 unspecified atom stereocenters. The van der Waals surface area contributed by atoms with Gasteiger partial charge in [-0.2, -0.15) is 0 Å². The molecule has 0 atom stereocenters. The summed E-state index contributed by atoms with van der Waals surface area (Å²) in [4.78, 5) is 17.2. The summed E-state index contributed by atoms with van der Waals surface area (Å²) in [5.41, 5.74) is 0. The van der Waals surface area contributed by atoms with Crippen molar-refractivity contribution in [2.75, 3.05) is 19.6 Å². The number of dihydropyridines is 1. The molecule has 3 nitrogen and oxygen atoms in total. The van der Waals surface area contributed by atoms with E-state index >= 15 is 0 Å². The van der Waals surface area contributed by atoms with Crippen molar-refractivity contribution in [1.29, 1.82) is 0 Å². The highest BCUT2D eigenvalue weighted by atomic mass is 16.1. The largest absolute Gasteiger partial charge is 0.357 e. The van der Waals surface area contributed by atoms with E-state index in [0.717, 1.165) is 18.9 Å². The molecule has 0 amide bonds. The average molecular weight is 164 g/mol. The van der Waals surface area contributed by atoms with Crippen molar-refractivity contribution in [1.82, 2.24) is 4.90 Å². The summed E-state index contributed by atoms with van der Waals surface area (Å²) >= 11 is 0. The van der Waals surface area contributed by atoms with Crippen molar-refractivity contribution < 1.29 is 4.79 Å². The molecule has 2 aliphatic heterocycles. The third-order valence-electron chi connectivity index (χ3n) is 2.25. The number of ketones is 1. The molecule has 0 aromatic carbocycles. The van der Waals surface area contributed by atoms with Crippen LogP contribution >= 0.6 is 0 Å². The Kier molecular flexibility index (Phi) is 1.94. The van der Waals surface area contributed by atoms with Gasteiger partial charge in [-0.05, 0) is 25.0 Å².